The van der Waals surface area contributed by atoms with Crippen LogP contribution in [0.2, 0.25) is 0 Å². The summed E-state index contributed by atoms with van der Waals surface area (Å²) in [6, 6.07) is 9.11. The lowest BCUT2D eigenvalue weighted by Crippen LogP contribution is -2.34. The first-order valence-corrected chi connectivity index (χ1v) is 8.52. The number of carbonyl (C=O) groups excluding carboxylic acids is 2. The maximum absolute atomic E-state index is 12.7. The smallest absolute Gasteiger partial charge is 0.259 e. The molecule has 2 aromatic rings. The van der Waals surface area contributed by atoms with E-state index in [4.69, 9.17) is 9.78 Å². The maximum Gasteiger partial charge on any atom is 0.259 e. The van der Waals surface area contributed by atoms with Gasteiger partial charge in [0, 0.05) is 37.2 Å². The molecular weight excluding hydrogens is 332 g/mol. The number of aromatic nitrogens is 1. The van der Waals surface area contributed by atoms with Gasteiger partial charge in [0.25, 0.3) is 5.91 Å². The zero-order valence-electron chi connectivity index (χ0n) is 14.4. The summed E-state index contributed by atoms with van der Waals surface area (Å²) in [7, 11) is 0. The second-order valence-electron chi connectivity index (χ2n) is 7.11. The average Bonchev–Trinajstić information content (AvgIpc) is 3.34. The number of rotatable bonds is 2. The quantitative estimate of drug-likeness (QED) is 0.827. The number of aryl methyl sites for hydroxylation is 1. The predicted octanol–water partition coefficient (Wildman–Crippen LogP) is 2.12. The molecule has 3 heterocycles. The standard InChI is InChI=1S/C19H18N4O3/c1-13-16(10-26-21-13)18(25)22-7-6-19(11-22)8-17(24)23(12-19)15-4-2-14(9-20)3-5-15/h2-5,10H,6-8,11-12H2,1H3. The van der Waals surface area contributed by atoms with Gasteiger partial charge in [0.2, 0.25) is 5.91 Å². The summed E-state index contributed by atoms with van der Waals surface area (Å²) in [5, 5.41) is 12.7. The van der Waals surface area contributed by atoms with Crippen molar-refractivity contribution in [3.8, 4) is 6.07 Å². The first-order valence-electron chi connectivity index (χ1n) is 8.52. The Hall–Kier alpha value is -3.14. The average molecular weight is 350 g/mol. The summed E-state index contributed by atoms with van der Waals surface area (Å²) < 4.78 is 4.87. The molecule has 2 amide bonds. The Morgan fingerprint density at radius 3 is 2.73 bits per heavy atom. The molecule has 2 aliphatic heterocycles. The molecule has 1 unspecified atom stereocenters. The zero-order chi connectivity index (χ0) is 18.3. The third kappa shape index (κ3) is 2.64. The highest BCUT2D eigenvalue weighted by Crippen LogP contribution is 2.42. The summed E-state index contributed by atoms with van der Waals surface area (Å²) in [5.74, 6) is -0.0323. The molecule has 132 valence electrons. The van der Waals surface area contributed by atoms with Crippen LogP contribution in [0.15, 0.2) is 35.1 Å². The van der Waals surface area contributed by atoms with Crippen LogP contribution < -0.4 is 4.90 Å². The Balaban J connectivity index is 1.50. The van der Waals surface area contributed by atoms with Crippen LogP contribution in [0.3, 0.4) is 0 Å². The molecule has 2 fully saturated rings. The molecule has 4 rings (SSSR count). The monoisotopic (exact) mass is 350 g/mol. The molecule has 0 saturated carbocycles. The normalized spacial score (nSPS) is 22.2. The summed E-state index contributed by atoms with van der Waals surface area (Å²) in [4.78, 5) is 28.8. The van der Waals surface area contributed by atoms with Crippen LogP contribution >= 0.6 is 0 Å². The maximum atomic E-state index is 12.7. The van der Waals surface area contributed by atoms with Gasteiger partial charge in [0.1, 0.15) is 11.8 Å². The van der Waals surface area contributed by atoms with Crippen molar-refractivity contribution < 1.29 is 14.1 Å². The first kappa shape index (κ1) is 16.3. The van der Waals surface area contributed by atoms with Gasteiger partial charge in [-0.15, -0.1) is 0 Å². The van der Waals surface area contributed by atoms with Crippen LogP contribution in [0.5, 0.6) is 0 Å². The van der Waals surface area contributed by atoms with Crippen LogP contribution in [0.4, 0.5) is 5.69 Å². The molecule has 0 aliphatic carbocycles. The fraction of sp³-hybridized carbons (Fsp3) is 0.368. The fourth-order valence-electron chi connectivity index (χ4n) is 3.90. The molecule has 7 heteroatoms. The lowest BCUT2D eigenvalue weighted by molar-refractivity contribution is -0.117. The largest absolute Gasteiger partial charge is 0.364 e. The van der Waals surface area contributed by atoms with E-state index in [0.717, 1.165) is 12.1 Å². The van der Waals surface area contributed by atoms with Gasteiger partial charge in [-0.2, -0.15) is 5.26 Å². The lowest BCUT2D eigenvalue weighted by atomic mass is 9.86. The number of hydrogen-bond donors (Lipinski definition) is 0. The van der Waals surface area contributed by atoms with Crippen molar-refractivity contribution in [2.45, 2.75) is 19.8 Å². The Kier molecular flexibility index (Phi) is 3.76. The minimum atomic E-state index is -0.217. The second kappa shape index (κ2) is 5.99. The second-order valence-corrected chi connectivity index (χ2v) is 7.11. The Morgan fingerprint density at radius 2 is 2.08 bits per heavy atom. The molecule has 7 nitrogen and oxygen atoms in total. The number of benzene rings is 1. The van der Waals surface area contributed by atoms with Gasteiger partial charge >= 0.3 is 0 Å². The van der Waals surface area contributed by atoms with E-state index in [1.165, 1.54) is 6.26 Å². The van der Waals surface area contributed by atoms with Crippen molar-refractivity contribution in [3.63, 3.8) is 0 Å². The summed E-state index contributed by atoms with van der Waals surface area (Å²) >= 11 is 0. The molecule has 2 aliphatic rings. The fourth-order valence-corrected chi connectivity index (χ4v) is 3.90. The van der Waals surface area contributed by atoms with Crippen LogP contribution in [0, 0.1) is 23.7 Å². The van der Waals surface area contributed by atoms with E-state index in [1.54, 1.807) is 41.0 Å². The molecule has 26 heavy (non-hydrogen) atoms. The van der Waals surface area contributed by atoms with E-state index in [0.29, 0.717) is 42.9 Å². The van der Waals surface area contributed by atoms with Gasteiger partial charge < -0.3 is 14.3 Å². The first-order chi connectivity index (χ1) is 12.5. The van der Waals surface area contributed by atoms with Gasteiger partial charge in [-0.05, 0) is 37.6 Å². The van der Waals surface area contributed by atoms with Crippen LogP contribution in [-0.4, -0.2) is 41.5 Å². The molecule has 1 spiro atoms. The minimum Gasteiger partial charge on any atom is -0.364 e. The van der Waals surface area contributed by atoms with Gasteiger partial charge in [0.15, 0.2) is 0 Å². The predicted molar refractivity (Wildman–Crippen MR) is 92.3 cm³/mol. The number of nitrogens with zero attached hydrogens (tertiary/aromatic N) is 4. The van der Waals surface area contributed by atoms with Crippen molar-refractivity contribution >= 4 is 17.5 Å². The summed E-state index contributed by atoms with van der Waals surface area (Å²) in [5.41, 5.74) is 2.21. The Labute approximate surface area is 150 Å². The van der Waals surface area contributed by atoms with E-state index in [1.807, 2.05) is 0 Å². The molecule has 1 aromatic heterocycles. The third-order valence-corrected chi connectivity index (χ3v) is 5.33. The van der Waals surface area contributed by atoms with E-state index in [-0.39, 0.29) is 17.2 Å². The number of nitriles is 1. The van der Waals surface area contributed by atoms with Crippen molar-refractivity contribution in [1.29, 1.82) is 5.26 Å². The summed E-state index contributed by atoms with van der Waals surface area (Å²) in [6.07, 6.45) is 2.60. The topological polar surface area (TPSA) is 90.4 Å². The number of likely N-dealkylation sites (tertiary alicyclic amines) is 1. The Morgan fingerprint density at radius 1 is 1.31 bits per heavy atom. The van der Waals surface area contributed by atoms with E-state index >= 15 is 0 Å². The molecule has 0 N–H and O–H groups in total. The number of hydrogen-bond acceptors (Lipinski definition) is 5. The summed E-state index contributed by atoms with van der Waals surface area (Å²) in [6.45, 7) is 3.51. The SMILES string of the molecule is Cc1nocc1C(=O)N1CCC2(CC(=O)N(c3ccc(C#N)cc3)C2)C1. The van der Waals surface area contributed by atoms with Crippen molar-refractivity contribution in [3.05, 3.63) is 47.3 Å². The van der Waals surface area contributed by atoms with E-state index < -0.39 is 0 Å². The highest BCUT2D eigenvalue weighted by atomic mass is 16.5. The van der Waals surface area contributed by atoms with Crippen molar-refractivity contribution in [2.75, 3.05) is 24.5 Å². The van der Waals surface area contributed by atoms with Crippen molar-refractivity contribution in [2.24, 2.45) is 5.41 Å². The molecule has 0 radical (unpaired) electrons. The van der Waals surface area contributed by atoms with Crippen LogP contribution in [0.25, 0.3) is 0 Å². The third-order valence-electron chi connectivity index (χ3n) is 5.33. The van der Waals surface area contributed by atoms with Gasteiger partial charge in [-0.25, -0.2) is 0 Å². The highest BCUT2D eigenvalue weighted by molar-refractivity contribution is 5.97. The number of anilines is 1. The zero-order valence-corrected chi connectivity index (χ0v) is 14.4. The molecular formula is C19H18N4O3. The van der Waals surface area contributed by atoms with Gasteiger partial charge in [0.05, 0.1) is 17.3 Å². The van der Waals surface area contributed by atoms with Crippen molar-refractivity contribution in [1.82, 2.24) is 10.1 Å². The molecule has 2 saturated heterocycles. The Bertz CT molecular complexity index is 912. The molecule has 1 atom stereocenters. The molecule has 1 aromatic carbocycles. The lowest BCUT2D eigenvalue weighted by Gasteiger charge is -2.24. The van der Waals surface area contributed by atoms with Gasteiger partial charge in [-0.3, -0.25) is 9.59 Å². The number of carbonyl (C=O) groups is 2. The van der Waals surface area contributed by atoms with Gasteiger partial charge in [-0.1, -0.05) is 5.16 Å². The number of amides is 2. The highest BCUT2D eigenvalue weighted by Gasteiger charge is 2.49. The molecule has 0 bridgehead atoms. The van der Waals surface area contributed by atoms with E-state index in [2.05, 4.69) is 11.2 Å². The van der Waals surface area contributed by atoms with E-state index in [9.17, 15) is 9.59 Å². The minimum absolute atomic E-state index is 0.0603. The van der Waals surface area contributed by atoms with Crippen LogP contribution in [-0.2, 0) is 4.79 Å². The van der Waals surface area contributed by atoms with Crippen LogP contribution in [0.1, 0.15) is 34.5 Å².